The summed E-state index contributed by atoms with van der Waals surface area (Å²) < 4.78 is 11.5. The predicted molar refractivity (Wildman–Crippen MR) is 77.2 cm³/mol. The maximum absolute atomic E-state index is 10.8. The lowest BCUT2D eigenvalue weighted by molar-refractivity contribution is 0.109. The zero-order chi connectivity index (χ0) is 14.5. The van der Waals surface area contributed by atoms with Crippen LogP contribution in [-0.2, 0) is 0 Å². The topological polar surface area (TPSA) is 52.3 Å². The van der Waals surface area contributed by atoms with E-state index in [1.54, 1.807) is 18.3 Å². The fourth-order valence-electron chi connectivity index (χ4n) is 2.00. The summed E-state index contributed by atoms with van der Waals surface area (Å²) in [6.45, 7) is 0. The molecule has 0 saturated heterocycles. The van der Waals surface area contributed by atoms with Crippen molar-refractivity contribution < 1.29 is 13.9 Å². The van der Waals surface area contributed by atoms with Gasteiger partial charge < -0.3 is 9.15 Å². The molecule has 21 heavy (non-hydrogen) atoms. The molecule has 0 N–H and O–H groups in total. The van der Waals surface area contributed by atoms with Gasteiger partial charge in [-0.05, 0) is 36.4 Å². The Hall–Kier alpha value is -2.88. The van der Waals surface area contributed by atoms with Crippen molar-refractivity contribution in [1.29, 1.82) is 0 Å². The molecule has 0 bridgehead atoms. The van der Waals surface area contributed by atoms with Crippen molar-refractivity contribution in [1.82, 2.24) is 4.98 Å². The van der Waals surface area contributed by atoms with E-state index in [2.05, 4.69) is 4.98 Å². The number of benzene rings is 1. The number of hydrogen-bond acceptors (Lipinski definition) is 4. The number of aromatic nitrogens is 1. The highest BCUT2D eigenvalue weighted by Gasteiger charge is 2.21. The fraction of sp³-hybridized carbons (Fsp3) is 0.0588. The lowest BCUT2D eigenvalue weighted by atomic mass is 10.2. The van der Waals surface area contributed by atoms with E-state index in [4.69, 9.17) is 9.15 Å². The standard InChI is InChI=1S/C17H13NO3/c19-12-14-9-10-16(20-14)17(15-8-4-5-11-18-15)21-13-6-2-1-3-7-13/h1-12,17H. The molecule has 0 aliphatic heterocycles. The Morgan fingerprint density at radius 2 is 1.81 bits per heavy atom. The average Bonchev–Trinajstić information content (AvgIpc) is 3.03. The molecule has 4 heteroatoms. The average molecular weight is 279 g/mol. The van der Waals surface area contributed by atoms with E-state index in [-0.39, 0.29) is 5.76 Å². The summed E-state index contributed by atoms with van der Waals surface area (Å²) in [5, 5.41) is 0. The number of furan rings is 1. The van der Waals surface area contributed by atoms with Crippen LogP contribution in [0, 0.1) is 0 Å². The molecule has 0 radical (unpaired) electrons. The second-order valence-electron chi connectivity index (χ2n) is 4.42. The van der Waals surface area contributed by atoms with Gasteiger partial charge in [0.1, 0.15) is 5.75 Å². The van der Waals surface area contributed by atoms with E-state index in [0.29, 0.717) is 23.5 Å². The number of carbonyl (C=O) groups excluding carboxylic acids is 1. The van der Waals surface area contributed by atoms with Gasteiger partial charge in [-0.25, -0.2) is 0 Å². The summed E-state index contributed by atoms with van der Waals surface area (Å²) in [5.41, 5.74) is 0.716. The molecule has 0 aliphatic rings. The third kappa shape index (κ3) is 3.00. The highest BCUT2D eigenvalue weighted by molar-refractivity contribution is 5.70. The normalized spacial score (nSPS) is 11.8. The Morgan fingerprint density at radius 1 is 1.00 bits per heavy atom. The molecule has 2 aromatic heterocycles. The van der Waals surface area contributed by atoms with Crippen LogP contribution in [0.5, 0.6) is 5.75 Å². The van der Waals surface area contributed by atoms with Gasteiger partial charge in [0.15, 0.2) is 23.9 Å². The maximum atomic E-state index is 10.8. The van der Waals surface area contributed by atoms with E-state index in [0.717, 1.165) is 0 Å². The minimum absolute atomic E-state index is 0.266. The SMILES string of the molecule is O=Cc1ccc(C(Oc2ccccc2)c2ccccn2)o1. The maximum Gasteiger partial charge on any atom is 0.198 e. The third-order valence-electron chi connectivity index (χ3n) is 2.98. The Labute approximate surface area is 122 Å². The van der Waals surface area contributed by atoms with Gasteiger partial charge in [0.2, 0.25) is 0 Å². The minimum atomic E-state index is -0.498. The molecule has 0 aliphatic carbocycles. The molecule has 1 unspecified atom stereocenters. The summed E-state index contributed by atoms with van der Waals surface area (Å²) in [6.07, 6.45) is 1.86. The van der Waals surface area contributed by atoms with Gasteiger partial charge >= 0.3 is 0 Å². The van der Waals surface area contributed by atoms with Crippen molar-refractivity contribution >= 4 is 6.29 Å². The van der Waals surface area contributed by atoms with Gasteiger partial charge in [-0.15, -0.1) is 0 Å². The summed E-state index contributed by atoms with van der Waals surface area (Å²) >= 11 is 0. The van der Waals surface area contributed by atoms with E-state index in [1.165, 1.54) is 0 Å². The fourth-order valence-corrected chi connectivity index (χ4v) is 2.00. The van der Waals surface area contributed by atoms with Crippen LogP contribution in [0.3, 0.4) is 0 Å². The summed E-state index contributed by atoms with van der Waals surface area (Å²) in [5.74, 6) is 1.51. The van der Waals surface area contributed by atoms with Gasteiger partial charge in [0, 0.05) is 6.20 Å². The second-order valence-corrected chi connectivity index (χ2v) is 4.42. The molecule has 4 nitrogen and oxygen atoms in total. The monoisotopic (exact) mass is 279 g/mol. The van der Waals surface area contributed by atoms with E-state index >= 15 is 0 Å². The minimum Gasteiger partial charge on any atom is -0.476 e. The molecule has 1 aromatic carbocycles. The van der Waals surface area contributed by atoms with Crippen molar-refractivity contribution in [3.63, 3.8) is 0 Å². The summed E-state index contributed by atoms with van der Waals surface area (Å²) in [6, 6.07) is 18.3. The van der Waals surface area contributed by atoms with Crippen LogP contribution in [0.15, 0.2) is 71.3 Å². The summed E-state index contributed by atoms with van der Waals surface area (Å²) in [4.78, 5) is 15.1. The highest BCUT2D eigenvalue weighted by Crippen LogP contribution is 2.28. The van der Waals surface area contributed by atoms with Crippen LogP contribution < -0.4 is 4.74 Å². The predicted octanol–water partition coefficient (Wildman–Crippen LogP) is 3.66. The quantitative estimate of drug-likeness (QED) is 0.669. The van der Waals surface area contributed by atoms with Crippen LogP contribution in [0.25, 0.3) is 0 Å². The number of rotatable bonds is 5. The first-order valence-electron chi connectivity index (χ1n) is 6.54. The second kappa shape index (κ2) is 6.05. The van der Waals surface area contributed by atoms with Gasteiger partial charge in [0.05, 0.1) is 5.69 Å². The first-order chi connectivity index (χ1) is 10.4. The number of aldehydes is 1. The highest BCUT2D eigenvalue weighted by atomic mass is 16.5. The van der Waals surface area contributed by atoms with Gasteiger partial charge in [0.25, 0.3) is 0 Å². The van der Waals surface area contributed by atoms with E-state index in [9.17, 15) is 4.79 Å². The molecule has 2 heterocycles. The molecule has 0 spiro atoms. The lowest BCUT2D eigenvalue weighted by Crippen LogP contribution is -2.10. The molecule has 3 aromatic rings. The van der Waals surface area contributed by atoms with Crippen LogP contribution in [0.4, 0.5) is 0 Å². The largest absolute Gasteiger partial charge is 0.476 e. The van der Waals surface area contributed by atoms with E-state index < -0.39 is 6.10 Å². The molecule has 3 rings (SSSR count). The Bertz CT molecular complexity index is 707. The first kappa shape index (κ1) is 13.1. The molecule has 0 saturated carbocycles. The van der Waals surface area contributed by atoms with Crippen molar-refractivity contribution in [3.8, 4) is 5.75 Å². The molecule has 0 amide bonds. The number of carbonyl (C=O) groups is 1. The Morgan fingerprint density at radius 3 is 2.48 bits per heavy atom. The van der Waals surface area contributed by atoms with Crippen LogP contribution in [0.2, 0.25) is 0 Å². The first-order valence-corrected chi connectivity index (χ1v) is 6.54. The van der Waals surface area contributed by atoms with Crippen molar-refractivity contribution in [2.75, 3.05) is 0 Å². The van der Waals surface area contributed by atoms with Gasteiger partial charge in [-0.2, -0.15) is 0 Å². The van der Waals surface area contributed by atoms with Gasteiger partial charge in [-0.3, -0.25) is 9.78 Å². The number of ether oxygens (including phenoxy) is 1. The number of pyridine rings is 1. The molecule has 1 atom stereocenters. The summed E-state index contributed by atoms with van der Waals surface area (Å²) in [7, 11) is 0. The van der Waals surface area contributed by atoms with E-state index in [1.807, 2.05) is 48.5 Å². The Kier molecular flexibility index (Phi) is 3.78. The molecular formula is C17H13NO3. The zero-order valence-corrected chi connectivity index (χ0v) is 11.2. The molecule has 0 fully saturated rings. The number of nitrogens with zero attached hydrogens (tertiary/aromatic N) is 1. The number of hydrogen-bond donors (Lipinski definition) is 0. The molecule has 104 valence electrons. The molecular weight excluding hydrogens is 266 g/mol. The zero-order valence-electron chi connectivity index (χ0n) is 11.2. The van der Waals surface area contributed by atoms with Gasteiger partial charge in [-0.1, -0.05) is 24.3 Å². The van der Waals surface area contributed by atoms with Crippen LogP contribution in [-0.4, -0.2) is 11.3 Å². The van der Waals surface area contributed by atoms with Crippen LogP contribution in [0.1, 0.15) is 28.1 Å². The van der Waals surface area contributed by atoms with Crippen molar-refractivity contribution in [2.24, 2.45) is 0 Å². The van der Waals surface area contributed by atoms with Crippen LogP contribution >= 0.6 is 0 Å². The third-order valence-corrected chi connectivity index (χ3v) is 2.98. The van der Waals surface area contributed by atoms with Crippen molar-refractivity contribution in [3.05, 3.63) is 84.1 Å². The smallest absolute Gasteiger partial charge is 0.198 e. The van der Waals surface area contributed by atoms with Crippen molar-refractivity contribution in [2.45, 2.75) is 6.10 Å². The number of para-hydroxylation sites is 1. The Balaban J connectivity index is 1.96. The lowest BCUT2D eigenvalue weighted by Gasteiger charge is -2.16.